The number of rotatable bonds is 3. The fourth-order valence-electron chi connectivity index (χ4n) is 1.75. The molecule has 0 amide bonds. The molecule has 1 heterocycles. The van der Waals surface area contributed by atoms with Gasteiger partial charge in [-0.15, -0.1) is 11.8 Å². The molecule has 0 aromatic heterocycles. The average Bonchev–Trinajstić information content (AvgIpc) is 2.29. The lowest BCUT2D eigenvalue weighted by Gasteiger charge is -2.15. The number of carbonyl (C=O) groups is 1. The van der Waals surface area contributed by atoms with Crippen molar-refractivity contribution in [3.8, 4) is 0 Å². The largest absolute Gasteiger partial charge is 0.293 e. The Labute approximate surface area is 99.0 Å². The van der Waals surface area contributed by atoms with Gasteiger partial charge in [0.1, 0.15) is 0 Å². The fourth-order valence-corrected chi connectivity index (χ4v) is 3.20. The Bertz CT molecular complexity index is 374. The molecule has 0 aliphatic carbocycles. The summed E-state index contributed by atoms with van der Waals surface area (Å²) in [7, 11) is 0. The summed E-state index contributed by atoms with van der Waals surface area (Å²) in [4.78, 5) is 13.1. The monoisotopic (exact) mass is 238 g/mol. The van der Waals surface area contributed by atoms with Crippen LogP contribution in [-0.2, 0) is 6.42 Å². The van der Waals surface area contributed by atoms with Crippen molar-refractivity contribution in [3.63, 3.8) is 0 Å². The summed E-state index contributed by atoms with van der Waals surface area (Å²) < 4.78 is 0. The standard InChI is InChI=1S/C12H14OS2/c1-14-8-11(13)9-4-5-12-10(7-9)3-2-6-15-12/h4-5,7H,2-3,6,8H2,1H3. The molecule has 3 heteroatoms. The van der Waals surface area contributed by atoms with Gasteiger partial charge in [-0.25, -0.2) is 0 Å². The first-order valence-electron chi connectivity index (χ1n) is 5.09. The summed E-state index contributed by atoms with van der Waals surface area (Å²) >= 11 is 3.49. The molecule has 0 radical (unpaired) electrons. The van der Waals surface area contributed by atoms with Gasteiger partial charge in [0.2, 0.25) is 0 Å². The quantitative estimate of drug-likeness (QED) is 0.752. The van der Waals surface area contributed by atoms with Crippen LogP contribution in [0, 0.1) is 0 Å². The normalized spacial score (nSPS) is 14.7. The van der Waals surface area contributed by atoms with Gasteiger partial charge in [0, 0.05) is 10.5 Å². The van der Waals surface area contributed by atoms with Crippen molar-refractivity contribution in [2.24, 2.45) is 0 Å². The van der Waals surface area contributed by atoms with Crippen molar-refractivity contribution in [2.75, 3.05) is 17.8 Å². The van der Waals surface area contributed by atoms with E-state index in [0.29, 0.717) is 5.75 Å². The van der Waals surface area contributed by atoms with Gasteiger partial charge < -0.3 is 0 Å². The molecular formula is C12H14OS2. The first-order valence-corrected chi connectivity index (χ1v) is 7.47. The van der Waals surface area contributed by atoms with Gasteiger partial charge in [0.25, 0.3) is 0 Å². The predicted octanol–water partition coefficient (Wildman–Crippen LogP) is 3.27. The van der Waals surface area contributed by atoms with Crippen LogP contribution in [0.1, 0.15) is 22.3 Å². The van der Waals surface area contributed by atoms with Crippen LogP contribution in [0.15, 0.2) is 23.1 Å². The lowest BCUT2D eigenvalue weighted by molar-refractivity contribution is 0.102. The smallest absolute Gasteiger partial charge is 0.172 e. The van der Waals surface area contributed by atoms with Crippen molar-refractivity contribution in [3.05, 3.63) is 29.3 Å². The molecule has 1 aromatic carbocycles. The van der Waals surface area contributed by atoms with Gasteiger partial charge in [-0.05, 0) is 42.5 Å². The van der Waals surface area contributed by atoms with E-state index in [1.807, 2.05) is 24.1 Å². The second-order valence-corrected chi connectivity index (χ2v) is 5.63. The number of carbonyl (C=O) groups excluding carboxylic acids is 1. The minimum absolute atomic E-state index is 0.251. The Kier molecular flexibility index (Phi) is 3.76. The number of Topliss-reactive ketones (excluding diaryl/α,β-unsaturated/α-hetero) is 1. The highest BCUT2D eigenvalue weighted by molar-refractivity contribution is 7.99. The maximum Gasteiger partial charge on any atom is 0.172 e. The third-order valence-corrected chi connectivity index (χ3v) is 4.26. The third-order valence-electron chi connectivity index (χ3n) is 2.51. The molecule has 0 spiro atoms. The van der Waals surface area contributed by atoms with E-state index in [0.717, 1.165) is 12.0 Å². The van der Waals surface area contributed by atoms with Gasteiger partial charge in [-0.3, -0.25) is 4.79 Å². The highest BCUT2D eigenvalue weighted by Crippen LogP contribution is 2.30. The summed E-state index contributed by atoms with van der Waals surface area (Å²) in [5.74, 6) is 2.05. The summed E-state index contributed by atoms with van der Waals surface area (Å²) in [6, 6.07) is 6.16. The van der Waals surface area contributed by atoms with Crippen molar-refractivity contribution < 1.29 is 4.79 Å². The molecule has 0 N–H and O–H groups in total. The number of ketones is 1. The Balaban J connectivity index is 2.24. The lowest BCUT2D eigenvalue weighted by atomic mass is 10.0. The number of aryl methyl sites for hydroxylation is 1. The maximum absolute atomic E-state index is 11.7. The second-order valence-electron chi connectivity index (χ2n) is 3.63. The van der Waals surface area contributed by atoms with E-state index in [4.69, 9.17) is 0 Å². The molecule has 1 nitrogen and oxygen atoms in total. The first kappa shape index (κ1) is 11.1. The van der Waals surface area contributed by atoms with Crippen LogP contribution in [0.25, 0.3) is 0 Å². The molecule has 80 valence electrons. The SMILES string of the molecule is CSCC(=O)c1ccc2c(c1)CCCS2. The Morgan fingerprint density at radius 2 is 2.40 bits per heavy atom. The molecular weight excluding hydrogens is 224 g/mol. The van der Waals surface area contributed by atoms with Gasteiger partial charge >= 0.3 is 0 Å². The molecule has 0 saturated heterocycles. The molecule has 0 bridgehead atoms. The van der Waals surface area contributed by atoms with E-state index in [2.05, 4.69) is 12.1 Å². The Morgan fingerprint density at radius 1 is 1.53 bits per heavy atom. The third kappa shape index (κ3) is 2.58. The molecule has 0 atom stereocenters. The first-order chi connectivity index (χ1) is 7.31. The molecule has 0 saturated carbocycles. The van der Waals surface area contributed by atoms with Gasteiger partial charge in [-0.2, -0.15) is 11.8 Å². The zero-order chi connectivity index (χ0) is 10.7. The molecule has 1 aliphatic heterocycles. The van der Waals surface area contributed by atoms with Crippen LogP contribution in [0.3, 0.4) is 0 Å². The molecule has 15 heavy (non-hydrogen) atoms. The zero-order valence-corrected chi connectivity index (χ0v) is 10.4. The summed E-state index contributed by atoms with van der Waals surface area (Å²) in [5.41, 5.74) is 2.24. The highest BCUT2D eigenvalue weighted by Gasteiger charge is 2.12. The number of hydrogen-bond donors (Lipinski definition) is 0. The second kappa shape index (κ2) is 5.08. The molecule has 0 fully saturated rings. The number of fused-ring (bicyclic) bond motifs is 1. The van der Waals surface area contributed by atoms with Crippen LogP contribution < -0.4 is 0 Å². The Morgan fingerprint density at radius 3 is 3.20 bits per heavy atom. The maximum atomic E-state index is 11.7. The van der Waals surface area contributed by atoms with Crippen molar-refractivity contribution in [1.29, 1.82) is 0 Å². The molecule has 2 rings (SSSR count). The van der Waals surface area contributed by atoms with E-state index in [1.54, 1.807) is 11.8 Å². The molecule has 0 unspecified atom stereocenters. The summed E-state index contributed by atoms with van der Waals surface area (Å²) in [5, 5.41) is 0. The van der Waals surface area contributed by atoms with E-state index in [9.17, 15) is 4.79 Å². The average molecular weight is 238 g/mol. The van der Waals surface area contributed by atoms with E-state index >= 15 is 0 Å². The minimum Gasteiger partial charge on any atom is -0.293 e. The van der Waals surface area contributed by atoms with Crippen LogP contribution in [0.5, 0.6) is 0 Å². The topological polar surface area (TPSA) is 17.1 Å². The van der Waals surface area contributed by atoms with Crippen LogP contribution in [0.4, 0.5) is 0 Å². The predicted molar refractivity (Wildman–Crippen MR) is 68.2 cm³/mol. The van der Waals surface area contributed by atoms with Gasteiger partial charge in [-0.1, -0.05) is 6.07 Å². The number of benzene rings is 1. The van der Waals surface area contributed by atoms with Crippen LogP contribution in [-0.4, -0.2) is 23.5 Å². The van der Waals surface area contributed by atoms with Crippen molar-refractivity contribution >= 4 is 29.3 Å². The molecule has 1 aromatic rings. The number of thioether (sulfide) groups is 2. The molecule has 1 aliphatic rings. The number of hydrogen-bond acceptors (Lipinski definition) is 3. The lowest BCUT2D eigenvalue weighted by Crippen LogP contribution is -2.05. The van der Waals surface area contributed by atoms with E-state index < -0.39 is 0 Å². The highest BCUT2D eigenvalue weighted by atomic mass is 32.2. The zero-order valence-electron chi connectivity index (χ0n) is 8.79. The minimum atomic E-state index is 0.251. The van der Waals surface area contributed by atoms with Crippen LogP contribution >= 0.6 is 23.5 Å². The summed E-state index contributed by atoms with van der Waals surface area (Å²) in [6.07, 6.45) is 4.33. The Hall–Kier alpha value is -0.410. The van der Waals surface area contributed by atoms with Gasteiger partial charge in [0.15, 0.2) is 5.78 Å². The summed E-state index contributed by atoms with van der Waals surface area (Å²) in [6.45, 7) is 0. The fraction of sp³-hybridized carbons (Fsp3) is 0.417. The van der Waals surface area contributed by atoms with E-state index in [-0.39, 0.29) is 5.78 Å². The van der Waals surface area contributed by atoms with Crippen LogP contribution in [0.2, 0.25) is 0 Å². The van der Waals surface area contributed by atoms with Crippen molar-refractivity contribution in [1.82, 2.24) is 0 Å². The van der Waals surface area contributed by atoms with Crippen molar-refractivity contribution in [2.45, 2.75) is 17.7 Å². The van der Waals surface area contributed by atoms with E-state index in [1.165, 1.54) is 22.6 Å². The van der Waals surface area contributed by atoms with Gasteiger partial charge in [0.05, 0.1) is 5.75 Å².